The van der Waals surface area contributed by atoms with E-state index in [1.807, 2.05) is 18.2 Å². The number of carbonyl (C=O) groups excluding carboxylic acids is 2. The van der Waals surface area contributed by atoms with Gasteiger partial charge in [-0.15, -0.1) is 0 Å². The van der Waals surface area contributed by atoms with Gasteiger partial charge in [0.2, 0.25) is 14.6 Å². The average molecular weight is 224 g/mol. The van der Waals surface area contributed by atoms with Gasteiger partial charge in [-0.25, -0.2) is 0 Å². The van der Waals surface area contributed by atoms with Crippen LogP contribution in [-0.2, 0) is 16.0 Å². The minimum Gasteiger partial charge on any atom is -0.313 e. The lowest BCUT2D eigenvalue weighted by atomic mass is 9.41. The molecule has 0 saturated carbocycles. The predicted molar refractivity (Wildman–Crippen MR) is 69.5 cm³/mol. The third kappa shape index (κ3) is 3.58. The van der Waals surface area contributed by atoms with Gasteiger partial charge in [-0.1, -0.05) is 36.8 Å². The Morgan fingerprint density at radius 3 is 2.71 bits per heavy atom. The second-order valence-corrected chi connectivity index (χ2v) is 4.43. The van der Waals surface area contributed by atoms with E-state index in [4.69, 9.17) is 0 Å². The molecule has 1 aliphatic rings. The third-order valence-corrected chi connectivity index (χ3v) is 3.08. The third-order valence-electron chi connectivity index (χ3n) is 3.08. The standard InChI is InChI=1S/C13H14B2O2/c16-12-9-14-13(17)11(15-12)8-4-7-10-5-2-1-3-6-10/h1-3,5-6,11H,4,7-9H2. The fraction of sp³-hybridized carbons (Fsp3) is 0.385. The molecular weight excluding hydrogens is 210 g/mol. The largest absolute Gasteiger partial charge is 0.313 e. The summed E-state index contributed by atoms with van der Waals surface area (Å²) in [4.78, 5) is 22.8. The number of benzene rings is 1. The van der Waals surface area contributed by atoms with Crippen LogP contribution in [0.1, 0.15) is 18.4 Å². The lowest BCUT2D eigenvalue weighted by Crippen LogP contribution is -2.33. The molecule has 1 aromatic carbocycles. The molecule has 0 spiro atoms. The van der Waals surface area contributed by atoms with Crippen molar-refractivity contribution in [1.29, 1.82) is 0 Å². The molecule has 1 unspecified atom stereocenters. The molecule has 1 aromatic rings. The van der Waals surface area contributed by atoms with Crippen molar-refractivity contribution in [2.24, 2.45) is 0 Å². The van der Waals surface area contributed by atoms with Gasteiger partial charge in [-0.05, 0) is 30.5 Å². The molecule has 4 heteroatoms. The molecule has 2 radical (unpaired) electrons. The Hall–Kier alpha value is -1.31. The van der Waals surface area contributed by atoms with Gasteiger partial charge in [0.05, 0.1) is 11.4 Å². The van der Waals surface area contributed by atoms with Crippen LogP contribution in [0.15, 0.2) is 30.3 Å². The number of rotatable bonds is 4. The van der Waals surface area contributed by atoms with Gasteiger partial charge in [-0.3, -0.25) is 0 Å². The summed E-state index contributed by atoms with van der Waals surface area (Å²) in [5, 5.41) is 0. The normalized spacial score (nSPS) is 19.6. The highest BCUT2D eigenvalue weighted by Gasteiger charge is 2.28. The minimum absolute atomic E-state index is 0.0781. The highest BCUT2D eigenvalue weighted by Crippen LogP contribution is 2.19. The first-order valence-corrected chi connectivity index (χ1v) is 6.04. The van der Waals surface area contributed by atoms with E-state index in [2.05, 4.69) is 12.1 Å². The summed E-state index contributed by atoms with van der Waals surface area (Å²) in [5.74, 6) is -0.181. The van der Waals surface area contributed by atoms with E-state index in [0.29, 0.717) is 0 Å². The molecule has 1 fully saturated rings. The van der Waals surface area contributed by atoms with E-state index in [0.717, 1.165) is 19.3 Å². The van der Waals surface area contributed by atoms with Crippen molar-refractivity contribution in [1.82, 2.24) is 0 Å². The Labute approximate surface area is 103 Å². The van der Waals surface area contributed by atoms with Gasteiger partial charge >= 0.3 is 0 Å². The first-order chi connectivity index (χ1) is 8.25. The average Bonchev–Trinajstić information content (AvgIpc) is 2.35. The van der Waals surface area contributed by atoms with Crippen molar-refractivity contribution in [3.8, 4) is 0 Å². The van der Waals surface area contributed by atoms with Gasteiger partial charge in [0.15, 0.2) is 0 Å². The molecule has 1 heterocycles. The van der Waals surface area contributed by atoms with Crippen LogP contribution in [0.3, 0.4) is 0 Å². The van der Waals surface area contributed by atoms with Crippen LogP contribution in [0.25, 0.3) is 0 Å². The Morgan fingerprint density at radius 2 is 1.94 bits per heavy atom. The van der Waals surface area contributed by atoms with E-state index in [1.54, 1.807) is 7.28 Å². The smallest absolute Gasteiger partial charge is 0.211 e. The Kier molecular flexibility index (Phi) is 4.18. The van der Waals surface area contributed by atoms with Crippen LogP contribution in [-0.4, -0.2) is 25.9 Å². The van der Waals surface area contributed by atoms with Crippen molar-refractivity contribution < 1.29 is 9.59 Å². The summed E-state index contributed by atoms with van der Waals surface area (Å²) in [7, 11) is 3.11. The van der Waals surface area contributed by atoms with Crippen molar-refractivity contribution in [2.75, 3.05) is 0 Å². The second kappa shape index (κ2) is 5.85. The topological polar surface area (TPSA) is 34.1 Å². The van der Waals surface area contributed by atoms with Gasteiger partial charge in [0.1, 0.15) is 0 Å². The van der Waals surface area contributed by atoms with Crippen LogP contribution < -0.4 is 0 Å². The molecule has 0 aromatic heterocycles. The van der Waals surface area contributed by atoms with E-state index in [-0.39, 0.29) is 23.5 Å². The maximum atomic E-state index is 11.5. The van der Waals surface area contributed by atoms with Crippen molar-refractivity contribution in [2.45, 2.75) is 31.4 Å². The summed E-state index contributed by atoms with van der Waals surface area (Å²) in [6.07, 6.45) is 2.97. The van der Waals surface area contributed by atoms with Gasteiger partial charge in [0, 0.05) is 0 Å². The quantitative estimate of drug-likeness (QED) is 0.729. The first-order valence-electron chi connectivity index (χ1n) is 6.04. The second-order valence-electron chi connectivity index (χ2n) is 4.43. The van der Waals surface area contributed by atoms with E-state index in [1.165, 1.54) is 12.8 Å². The van der Waals surface area contributed by atoms with Crippen molar-refractivity contribution >= 4 is 25.9 Å². The molecule has 1 saturated heterocycles. The van der Waals surface area contributed by atoms with Gasteiger partial charge in [-0.2, -0.15) is 0 Å². The summed E-state index contributed by atoms with van der Waals surface area (Å²) in [6.45, 7) is 0. The molecule has 1 atom stereocenters. The maximum absolute atomic E-state index is 11.5. The Bertz CT molecular complexity index is 403. The first kappa shape index (κ1) is 12.2. The molecule has 1 aliphatic heterocycles. The zero-order chi connectivity index (χ0) is 12.1. The van der Waals surface area contributed by atoms with E-state index < -0.39 is 0 Å². The monoisotopic (exact) mass is 224 g/mol. The SMILES string of the molecule is O=C1[B]C(CCCc2ccccc2)C(=O)[B]C1. The highest BCUT2D eigenvalue weighted by atomic mass is 16.1. The van der Waals surface area contributed by atoms with Crippen LogP contribution in [0.4, 0.5) is 0 Å². The summed E-state index contributed by atoms with van der Waals surface area (Å²) in [5.41, 5.74) is 1.47. The van der Waals surface area contributed by atoms with Crippen molar-refractivity contribution in [3.63, 3.8) is 0 Å². The predicted octanol–water partition coefficient (Wildman–Crippen LogP) is 1.69. The maximum Gasteiger partial charge on any atom is 0.211 e. The van der Waals surface area contributed by atoms with Crippen LogP contribution in [0.5, 0.6) is 0 Å². The number of carbonyl (C=O) groups is 2. The molecule has 2 nitrogen and oxygen atoms in total. The molecular formula is C13H14B2O2. The summed E-state index contributed by atoms with van der Waals surface area (Å²) >= 11 is 0. The molecule has 17 heavy (non-hydrogen) atoms. The Morgan fingerprint density at radius 1 is 1.18 bits per heavy atom. The summed E-state index contributed by atoms with van der Waals surface area (Å²) < 4.78 is 0. The molecule has 84 valence electrons. The van der Waals surface area contributed by atoms with Crippen LogP contribution in [0, 0.1) is 0 Å². The fourth-order valence-electron chi connectivity index (χ4n) is 2.12. The van der Waals surface area contributed by atoms with Crippen LogP contribution >= 0.6 is 0 Å². The number of hydrogen-bond donors (Lipinski definition) is 0. The molecule has 2 rings (SSSR count). The minimum atomic E-state index is -0.181. The molecule has 0 amide bonds. The summed E-state index contributed by atoms with van der Waals surface area (Å²) in [6, 6.07) is 10.2. The van der Waals surface area contributed by atoms with Crippen molar-refractivity contribution in [3.05, 3.63) is 35.9 Å². The highest BCUT2D eigenvalue weighted by molar-refractivity contribution is 6.95. The van der Waals surface area contributed by atoms with Crippen LogP contribution in [0.2, 0.25) is 12.1 Å². The number of hydrogen-bond acceptors (Lipinski definition) is 2. The molecule has 0 bridgehead atoms. The lowest BCUT2D eigenvalue weighted by Gasteiger charge is -2.17. The van der Waals surface area contributed by atoms with E-state index >= 15 is 0 Å². The Balaban J connectivity index is 1.78. The molecule has 0 aliphatic carbocycles. The van der Waals surface area contributed by atoms with Gasteiger partial charge < -0.3 is 9.59 Å². The fourth-order valence-corrected chi connectivity index (χ4v) is 2.12. The zero-order valence-corrected chi connectivity index (χ0v) is 9.76. The molecule has 0 N–H and O–H groups in total. The number of aryl methyl sites for hydroxylation is 1. The van der Waals surface area contributed by atoms with Gasteiger partial charge in [0.25, 0.3) is 0 Å². The van der Waals surface area contributed by atoms with E-state index in [9.17, 15) is 9.59 Å². The lowest BCUT2D eigenvalue weighted by molar-refractivity contribution is -0.115. The zero-order valence-electron chi connectivity index (χ0n) is 9.76.